The van der Waals surface area contributed by atoms with Crippen molar-refractivity contribution in [1.29, 1.82) is 0 Å². The molecule has 1 unspecified atom stereocenters. The maximum absolute atomic E-state index is 12.4. The van der Waals surface area contributed by atoms with Crippen molar-refractivity contribution >= 4 is 44.9 Å². The maximum atomic E-state index is 12.4. The number of nitrogens with zero attached hydrogens (tertiary/aromatic N) is 1. The summed E-state index contributed by atoms with van der Waals surface area (Å²) in [5, 5.41) is 3.04. The zero-order chi connectivity index (χ0) is 16.1. The smallest absolute Gasteiger partial charge is 0.318 e. The standard InChI is InChI=1S/C16H18BrClN2OS/c1-3-20(10-14-8-9-15(18)22-14)16(21)19-11(2)12-4-6-13(17)7-5-12/h4-9,11H,3,10H2,1-2H3,(H,19,21). The molecule has 0 aliphatic rings. The number of carbonyl (C=O) groups excluding carboxylic acids is 1. The molecule has 0 saturated carbocycles. The molecule has 2 amide bonds. The van der Waals surface area contributed by atoms with Crippen LogP contribution >= 0.6 is 38.9 Å². The lowest BCUT2D eigenvalue weighted by Gasteiger charge is -2.23. The van der Waals surface area contributed by atoms with Gasteiger partial charge in [-0.1, -0.05) is 39.7 Å². The summed E-state index contributed by atoms with van der Waals surface area (Å²) in [6.45, 7) is 5.18. The van der Waals surface area contributed by atoms with Crippen LogP contribution in [-0.4, -0.2) is 17.5 Å². The Morgan fingerprint density at radius 3 is 2.55 bits per heavy atom. The fourth-order valence-corrected chi connectivity index (χ4v) is 3.43. The molecule has 2 aromatic rings. The number of benzene rings is 1. The third kappa shape index (κ3) is 4.73. The Morgan fingerprint density at radius 2 is 2.00 bits per heavy atom. The first-order chi connectivity index (χ1) is 10.5. The molecule has 1 heterocycles. The van der Waals surface area contributed by atoms with Crippen molar-refractivity contribution in [2.24, 2.45) is 0 Å². The van der Waals surface area contributed by atoms with Crippen LogP contribution in [-0.2, 0) is 6.54 Å². The van der Waals surface area contributed by atoms with E-state index in [-0.39, 0.29) is 12.1 Å². The van der Waals surface area contributed by atoms with Crippen molar-refractivity contribution < 1.29 is 4.79 Å². The van der Waals surface area contributed by atoms with Crippen molar-refractivity contribution in [3.8, 4) is 0 Å². The first-order valence-electron chi connectivity index (χ1n) is 7.04. The van der Waals surface area contributed by atoms with Gasteiger partial charge in [-0.3, -0.25) is 0 Å². The second-order valence-corrected chi connectivity index (χ2v) is 7.66. The molecular formula is C16H18BrClN2OS. The van der Waals surface area contributed by atoms with Gasteiger partial charge in [-0.2, -0.15) is 0 Å². The quantitative estimate of drug-likeness (QED) is 0.709. The summed E-state index contributed by atoms with van der Waals surface area (Å²) in [6, 6.07) is 11.7. The first kappa shape index (κ1) is 17.3. The highest BCUT2D eigenvalue weighted by Gasteiger charge is 2.16. The number of thiophene rings is 1. The molecule has 118 valence electrons. The lowest BCUT2D eigenvalue weighted by Crippen LogP contribution is -2.40. The van der Waals surface area contributed by atoms with Crippen molar-refractivity contribution in [3.05, 3.63) is 55.6 Å². The summed E-state index contributed by atoms with van der Waals surface area (Å²) >= 11 is 10.9. The number of hydrogen-bond donors (Lipinski definition) is 1. The van der Waals surface area contributed by atoms with Gasteiger partial charge < -0.3 is 10.2 Å². The first-order valence-corrected chi connectivity index (χ1v) is 9.03. The normalized spacial score (nSPS) is 12.0. The highest BCUT2D eigenvalue weighted by Crippen LogP contribution is 2.23. The fraction of sp³-hybridized carbons (Fsp3) is 0.312. The summed E-state index contributed by atoms with van der Waals surface area (Å²) < 4.78 is 1.77. The van der Waals surface area contributed by atoms with Crippen LogP contribution in [0.4, 0.5) is 4.79 Å². The molecule has 1 aromatic heterocycles. The van der Waals surface area contributed by atoms with Crippen LogP contribution in [0.25, 0.3) is 0 Å². The minimum absolute atomic E-state index is 0.0402. The predicted molar refractivity (Wildman–Crippen MR) is 96.5 cm³/mol. The zero-order valence-electron chi connectivity index (χ0n) is 12.5. The molecule has 0 radical (unpaired) electrons. The minimum atomic E-state index is -0.0672. The van der Waals surface area contributed by atoms with E-state index < -0.39 is 0 Å². The number of nitrogens with one attached hydrogen (secondary N) is 1. The van der Waals surface area contributed by atoms with Crippen molar-refractivity contribution in [1.82, 2.24) is 10.2 Å². The van der Waals surface area contributed by atoms with Gasteiger partial charge in [0.05, 0.1) is 16.9 Å². The highest BCUT2D eigenvalue weighted by atomic mass is 79.9. The highest BCUT2D eigenvalue weighted by molar-refractivity contribution is 9.10. The number of halogens is 2. The van der Waals surface area contributed by atoms with Crippen LogP contribution in [0.3, 0.4) is 0 Å². The van der Waals surface area contributed by atoms with E-state index in [0.717, 1.165) is 19.2 Å². The Labute approximate surface area is 148 Å². The molecule has 3 nitrogen and oxygen atoms in total. The van der Waals surface area contributed by atoms with Gasteiger partial charge in [0.25, 0.3) is 0 Å². The summed E-state index contributed by atoms with van der Waals surface area (Å²) in [5.74, 6) is 0. The number of amides is 2. The third-order valence-electron chi connectivity index (χ3n) is 3.35. The van der Waals surface area contributed by atoms with Crippen molar-refractivity contribution in [2.75, 3.05) is 6.54 Å². The van der Waals surface area contributed by atoms with Crippen LogP contribution in [0.1, 0.15) is 30.3 Å². The monoisotopic (exact) mass is 400 g/mol. The summed E-state index contributed by atoms with van der Waals surface area (Å²) in [5.41, 5.74) is 1.08. The number of urea groups is 1. The van der Waals surface area contributed by atoms with E-state index >= 15 is 0 Å². The van der Waals surface area contributed by atoms with E-state index in [1.807, 2.05) is 50.2 Å². The minimum Gasteiger partial charge on any atom is -0.331 e. The number of carbonyl (C=O) groups is 1. The Kier molecular flexibility index (Phi) is 6.29. The second-order valence-electron chi connectivity index (χ2n) is 4.94. The van der Waals surface area contributed by atoms with Crippen LogP contribution in [0, 0.1) is 0 Å². The SMILES string of the molecule is CCN(Cc1ccc(Cl)s1)C(=O)NC(C)c1ccc(Br)cc1. The molecule has 1 aromatic carbocycles. The van der Waals surface area contributed by atoms with Crippen LogP contribution in [0.2, 0.25) is 4.34 Å². The van der Waals surface area contributed by atoms with E-state index in [1.165, 1.54) is 11.3 Å². The lowest BCUT2D eigenvalue weighted by molar-refractivity contribution is 0.195. The van der Waals surface area contributed by atoms with Gasteiger partial charge in [0.15, 0.2) is 0 Å². The lowest BCUT2D eigenvalue weighted by atomic mass is 10.1. The van der Waals surface area contributed by atoms with Crippen LogP contribution in [0.15, 0.2) is 40.9 Å². The second kappa shape index (κ2) is 7.99. The van der Waals surface area contributed by atoms with Gasteiger partial charge in [-0.25, -0.2) is 4.79 Å². The molecule has 0 fully saturated rings. The fourth-order valence-electron chi connectivity index (χ4n) is 2.06. The molecule has 2 rings (SSSR count). The molecule has 0 aliphatic heterocycles. The Bertz CT molecular complexity index is 629. The van der Waals surface area contributed by atoms with Crippen LogP contribution < -0.4 is 5.32 Å². The largest absolute Gasteiger partial charge is 0.331 e. The summed E-state index contributed by atoms with van der Waals surface area (Å²) in [4.78, 5) is 15.3. The molecular weight excluding hydrogens is 384 g/mol. The summed E-state index contributed by atoms with van der Waals surface area (Å²) in [6.07, 6.45) is 0. The van der Waals surface area contributed by atoms with Gasteiger partial charge >= 0.3 is 6.03 Å². The topological polar surface area (TPSA) is 32.3 Å². The average molecular weight is 402 g/mol. The van der Waals surface area contributed by atoms with E-state index in [9.17, 15) is 4.79 Å². The molecule has 0 aliphatic carbocycles. The van der Waals surface area contributed by atoms with Gasteiger partial charge in [-0.15, -0.1) is 11.3 Å². The molecule has 0 saturated heterocycles. The maximum Gasteiger partial charge on any atom is 0.318 e. The molecule has 22 heavy (non-hydrogen) atoms. The summed E-state index contributed by atoms with van der Waals surface area (Å²) in [7, 11) is 0. The van der Waals surface area contributed by atoms with Gasteiger partial charge in [-0.05, 0) is 43.7 Å². The van der Waals surface area contributed by atoms with Crippen molar-refractivity contribution in [3.63, 3.8) is 0 Å². The van der Waals surface area contributed by atoms with Crippen molar-refractivity contribution in [2.45, 2.75) is 26.4 Å². The third-order valence-corrected chi connectivity index (χ3v) is 5.10. The van der Waals surface area contributed by atoms with E-state index in [4.69, 9.17) is 11.6 Å². The van der Waals surface area contributed by atoms with E-state index in [0.29, 0.717) is 13.1 Å². The number of rotatable bonds is 5. The Balaban J connectivity index is 1.97. The average Bonchev–Trinajstić information content (AvgIpc) is 2.90. The van der Waals surface area contributed by atoms with Gasteiger partial charge in [0, 0.05) is 15.9 Å². The van der Waals surface area contributed by atoms with Gasteiger partial charge in [0.2, 0.25) is 0 Å². The van der Waals surface area contributed by atoms with E-state index in [2.05, 4.69) is 21.2 Å². The molecule has 1 atom stereocenters. The molecule has 0 bridgehead atoms. The predicted octanol–water partition coefficient (Wildman–Crippen LogP) is 5.46. The molecule has 1 N–H and O–H groups in total. The van der Waals surface area contributed by atoms with E-state index in [1.54, 1.807) is 4.90 Å². The Morgan fingerprint density at radius 1 is 1.32 bits per heavy atom. The zero-order valence-corrected chi connectivity index (χ0v) is 15.6. The van der Waals surface area contributed by atoms with Gasteiger partial charge in [0.1, 0.15) is 0 Å². The molecule has 0 spiro atoms. The Hall–Kier alpha value is -1.04. The molecule has 6 heteroatoms. The number of hydrogen-bond acceptors (Lipinski definition) is 2. The van der Waals surface area contributed by atoms with Crippen LogP contribution in [0.5, 0.6) is 0 Å².